The number of halogens is 1. The van der Waals surface area contributed by atoms with Gasteiger partial charge in [0, 0.05) is 24.0 Å². The predicted molar refractivity (Wildman–Crippen MR) is 76.6 cm³/mol. The first kappa shape index (κ1) is 13.8. The Morgan fingerprint density at radius 3 is 2.63 bits per heavy atom. The molecule has 0 saturated heterocycles. The second-order valence-corrected chi connectivity index (χ2v) is 6.29. The van der Waals surface area contributed by atoms with Crippen LogP contribution in [0.2, 0.25) is 0 Å². The summed E-state index contributed by atoms with van der Waals surface area (Å²) in [4.78, 5) is 4.25. The summed E-state index contributed by atoms with van der Waals surface area (Å²) in [7, 11) is -3.33. The monoisotopic (exact) mass is 296 g/mol. The molecule has 0 spiro atoms. The second kappa shape index (κ2) is 5.59. The van der Waals surface area contributed by atoms with Crippen molar-refractivity contribution >= 4 is 32.9 Å². The van der Waals surface area contributed by atoms with Crippen molar-refractivity contribution in [2.75, 3.05) is 11.6 Å². The summed E-state index contributed by atoms with van der Waals surface area (Å²) in [6, 6.07) is 10.5. The molecule has 1 heterocycles. The van der Waals surface area contributed by atoms with Crippen molar-refractivity contribution in [3.63, 3.8) is 0 Å². The van der Waals surface area contributed by atoms with Gasteiger partial charge in [0.05, 0.1) is 0 Å². The van der Waals surface area contributed by atoms with Gasteiger partial charge in [-0.05, 0) is 23.8 Å². The Morgan fingerprint density at radius 1 is 1.21 bits per heavy atom. The Hall–Kier alpha value is -1.59. The van der Waals surface area contributed by atoms with E-state index in [0.717, 1.165) is 17.5 Å². The van der Waals surface area contributed by atoms with Crippen LogP contribution in [0.1, 0.15) is 5.56 Å². The lowest BCUT2D eigenvalue weighted by molar-refractivity contribution is 0.602. The van der Waals surface area contributed by atoms with E-state index in [2.05, 4.69) is 10.3 Å². The Balaban J connectivity index is 2.45. The van der Waals surface area contributed by atoms with E-state index in [4.69, 9.17) is 11.6 Å². The van der Waals surface area contributed by atoms with E-state index < -0.39 is 9.84 Å². The van der Waals surface area contributed by atoms with Gasteiger partial charge in [-0.15, -0.1) is 11.6 Å². The molecule has 0 aliphatic carbocycles. The molecule has 6 heteroatoms. The Labute approximate surface area is 117 Å². The first-order chi connectivity index (χ1) is 9.02. The molecule has 100 valence electrons. The number of anilines is 2. The Kier molecular flexibility index (Phi) is 4.07. The van der Waals surface area contributed by atoms with Crippen LogP contribution in [0.3, 0.4) is 0 Å². The number of hydrogen-bond acceptors (Lipinski definition) is 4. The van der Waals surface area contributed by atoms with Crippen LogP contribution in [-0.4, -0.2) is 19.7 Å². The number of aromatic nitrogens is 1. The first-order valence-corrected chi connectivity index (χ1v) is 8.01. The average Bonchev–Trinajstić information content (AvgIpc) is 2.39. The fraction of sp³-hybridized carbons (Fsp3) is 0.154. The predicted octanol–water partition coefficient (Wildman–Crippen LogP) is 2.97. The molecule has 0 aliphatic heterocycles. The molecule has 2 aromatic rings. The summed E-state index contributed by atoms with van der Waals surface area (Å²) < 4.78 is 23.4. The molecule has 0 saturated carbocycles. The van der Waals surface area contributed by atoms with Crippen LogP contribution in [-0.2, 0) is 15.7 Å². The van der Waals surface area contributed by atoms with Crippen molar-refractivity contribution in [3.05, 3.63) is 48.2 Å². The van der Waals surface area contributed by atoms with Crippen molar-refractivity contribution in [2.24, 2.45) is 0 Å². The third-order valence-electron chi connectivity index (χ3n) is 2.58. The smallest absolute Gasteiger partial charge is 0.179 e. The minimum absolute atomic E-state index is 0.166. The average molecular weight is 297 g/mol. The number of pyridine rings is 1. The van der Waals surface area contributed by atoms with Crippen molar-refractivity contribution in [1.29, 1.82) is 0 Å². The zero-order valence-electron chi connectivity index (χ0n) is 10.3. The Bertz CT molecular complexity index is 687. The van der Waals surface area contributed by atoms with Crippen molar-refractivity contribution in [2.45, 2.75) is 10.8 Å². The fourth-order valence-corrected chi connectivity index (χ4v) is 2.68. The minimum atomic E-state index is -3.33. The number of nitrogens with one attached hydrogen (secondary N) is 1. The van der Waals surface area contributed by atoms with E-state index >= 15 is 0 Å². The number of hydrogen-bond donors (Lipinski definition) is 1. The largest absolute Gasteiger partial charge is 0.339 e. The molecule has 0 unspecified atom stereocenters. The molecule has 1 aromatic heterocycles. The van der Waals surface area contributed by atoms with E-state index in [1.165, 1.54) is 6.07 Å². The SMILES string of the molecule is CS(=O)(=O)c1cccnc1Nc1ccccc1CCl. The van der Waals surface area contributed by atoms with Gasteiger partial charge in [-0.3, -0.25) is 0 Å². The van der Waals surface area contributed by atoms with Crippen molar-refractivity contribution in [1.82, 2.24) is 4.98 Å². The number of alkyl halides is 1. The lowest BCUT2D eigenvalue weighted by atomic mass is 10.2. The van der Waals surface area contributed by atoms with Gasteiger partial charge in [-0.2, -0.15) is 0 Å². The third kappa shape index (κ3) is 3.24. The third-order valence-corrected chi connectivity index (χ3v) is 4.00. The number of sulfone groups is 1. The maximum absolute atomic E-state index is 11.7. The molecule has 1 N–H and O–H groups in total. The second-order valence-electron chi connectivity index (χ2n) is 4.04. The fourth-order valence-electron chi connectivity index (χ4n) is 1.67. The number of nitrogens with zero attached hydrogens (tertiary/aromatic N) is 1. The highest BCUT2D eigenvalue weighted by Crippen LogP contribution is 2.25. The van der Waals surface area contributed by atoms with Gasteiger partial charge < -0.3 is 5.32 Å². The number of rotatable bonds is 4. The first-order valence-electron chi connectivity index (χ1n) is 5.58. The number of benzene rings is 1. The lowest BCUT2D eigenvalue weighted by Gasteiger charge is -2.12. The topological polar surface area (TPSA) is 59.1 Å². The highest BCUT2D eigenvalue weighted by Gasteiger charge is 2.14. The van der Waals surface area contributed by atoms with E-state index in [1.54, 1.807) is 12.3 Å². The van der Waals surface area contributed by atoms with E-state index in [1.807, 2.05) is 24.3 Å². The van der Waals surface area contributed by atoms with Crippen LogP contribution in [0.4, 0.5) is 11.5 Å². The molecule has 2 rings (SSSR count). The van der Waals surface area contributed by atoms with Gasteiger partial charge in [-0.25, -0.2) is 13.4 Å². The van der Waals surface area contributed by atoms with E-state index in [0.29, 0.717) is 11.7 Å². The quantitative estimate of drug-likeness (QED) is 0.881. The molecule has 0 amide bonds. The maximum Gasteiger partial charge on any atom is 0.179 e. The molecule has 19 heavy (non-hydrogen) atoms. The standard InChI is InChI=1S/C13H13ClN2O2S/c1-19(17,18)12-7-4-8-15-13(12)16-11-6-3-2-5-10(11)9-14/h2-8H,9H2,1H3,(H,15,16). The van der Waals surface area contributed by atoms with Crippen LogP contribution in [0.5, 0.6) is 0 Å². The van der Waals surface area contributed by atoms with Gasteiger partial charge in [0.2, 0.25) is 0 Å². The van der Waals surface area contributed by atoms with Crippen molar-refractivity contribution < 1.29 is 8.42 Å². The number of para-hydroxylation sites is 1. The normalized spacial score (nSPS) is 11.3. The molecule has 0 bridgehead atoms. The summed E-state index contributed by atoms with van der Waals surface area (Å²) in [6.45, 7) is 0. The van der Waals surface area contributed by atoms with Crippen LogP contribution in [0, 0.1) is 0 Å². The van der Waals surface area contributed by atoms with Gasteiger partial charge in [-0.1, -0.05) is 18.2 Å². The van der Waals surface area contributed by atoms with Crippen LogP contribution in [0.25, 0.3) is 0 Å². The van der Waals surface area contributed by atoms with Crippen LogP contribution in [0.15, 0.2) is 47.5 Å². The van der Waals surface area contributed by atoms with Crippen molar-refractivity contribution in [3.8, 4) is 0 Å². The zero-order chi connectivity index (χ0) is 13.9. The molecule has 1 aromatic carbocycles. The Morgan fingerprint density at radius 2 is 1.95 bits per heavy atom. The summed E-state index contributed by atoms with van der Waals surface area (Å²) in [5.74, 6) is 0.645. The molecule has 0 fully saturated rings. The van der Waals surface area contributed by atoms with Gasteiger partial charge in [0.1, 0.15) is 10.7 Å². The lowest BCUT2D eigenvalue weighted by Crippen LogP contribution is -2.05. The van der Waals surface area contributed by atoms with Gasteiger partial charge in [0.25, 0.3) is 0 Å². The van der Waals surface area contributed by atoms with Gasteiger partial charge in [0.15, 0.2) is 9.84 Å². The summed E-state index contributed by atoms with van der Waals surface area (Å²) in [5, 5.41) is 3.02. The highest BCUT2D eigenvalue weighted by molar-refractivity contribution is 7.90. The molecular formula is C13H13ClN2O2S. The molecular weight excluding hydrogens is 284 g/mol. The minimum Gasteiger partial charge on any atom is -0.339 e. The summed E-state index contributed by atoms with van der Waals surface area (Å²) in [5.41, 5.74) is 1.63. The molecule has 0 atom stereocenters. The zero-order valence-corrected chi connectivity index (χ0v) is 11.9. The van der Waals surface area contributed by atoms with Crippen LogP contribution >= 0.6 is 11.6 Å². The van der Waals surface area contributed by atoms with Crippen LogP contribution < -0.4 is 5.32 Å². The molecule has 0 aliphatic rings. The van der Waals surface area contributed by atoms with E-state index in [-0.39, 0.29) is 4.90 Å². The highest BCUT2D eigenvalue weighted by atomic mass is 35.5. The summed E-state index contributed by atoms with van der Waals surface area (Å²) >= 11 is 5.85. The van der Waals surface area contributed by atoms with Gasteiger partial charge >= 0.3 is 0 Å². The maximum atomic E-state index is 11.7. The summed E-state index contributed by atoms with van der Waals surface area (Å²) in [6.07, 6.45) is 2.70. The molecule has 4 nitrogen and oxygen atoms in total. The molecule has 0 radical (unpaired) electrons. The van der Waals surface area contributed by atoms with E-state index in [9.17, 15) is 8.42 Å².